The number of hydrazine groups is 1. The Morgan fingerprint density at radius 2 is 2.10 bits per heavy atom. The van der Waals surface area contributed by atoms with Crippen LogP contribution < -0.4 is 16.0 Å². The van der Waals surface area contributed by atoms with E-state index in [1.165, 1.54) is 5.56 Å². The highest BCUT2D eigenvalue weighted by molar-refractivity contribution is 6.31. The number of halogens is 1. The number of benzene rings is 2. The van der Waals surface area contributed by atoms with E-state index in [0.29, 0.717) is 0 Å². The molecule has 0 aliphatic carbocycles. The zero-order valence-electron chi connectivity index (χ0n) is 11.1. The van der Waals surface area contributed by atoms with Gasteiger partial charge in [-0.2, -0.15) is 0 Å². The second-order valence-corrected chi connectivity index (χ2v) is 5.39. The van der Waals surface area contributed by atoms with Crippen LogP contribution in [0.25, 0.3) is 0 Å². The summed E-state index contributed by atoms with van der Waals surface area (Å²) in [6, 6.07) is 14.2. The van der Waals surface area contributed by atoms with Crippen LogP contribution in [0.3, 0.4) is 0 Å². The first-order valence-electron chi connectivity index (χ1n) is 6.73. The Kier molecular flexibility index (Phi) is 3.92. The van der Waals surface area contributed by atoms with E-state index in [0.717, 1.165) is 41.3 Å². The summed E-state index contributed by atoms with van der Waals surface area (Å²) in [5, 5.41) is 0.775. The Labute approximate surface area is 123 Å². The minimum atomic E-state index is 0.0424. The number of rotatable bonds is 4. The molecule has 0 saturated heterocycles. The number of fused-ring (bicyclic) bond motifs is 1. The molecule has 20 heavy (non-hydrogen) atoms. The molecule has 3 rings (SSSR count). The Morgan fingerprint density at radius 1 is 1.25 bits per heavy atom. The Balaban J connectivity index is 1.85. The van der Waals surface area contributed by atoms with Gasteiger partial charge in [0, 0.05) is 11.4 Å². The second kappa shape index (κ2) is 5.83. The second-order valence-electron chi connectivity index (χ2n) is 4.98. The number of hydrogen-bond acceptors (Lipinski definition) is 3. The van der Waals surface area contributed by atoms with E-state index < -0.39 is 0 Å². The van der Waals surface area contributed by atoms with Crippen molar-refractivity contribution >= 4 is 11.6 Å². The highest BCUT2D eigenvalue weighted by Crippen LogP contribution is 2.30. The van der Waals surface area contributed by atoms with Gasteiger partial charge in [-0.25, -0.2) is 0 Å². The van der Waals surface area contributed by atoms with Crippen LogP contribution in [0.5, 0.6) is 5.75 Å². The van der Waals surface area contributed by atoms with Gasteiger partial charge in [-0.15, -0.1) is 0 Å². The number of nitrogens with two attached hydrogens (primary N) is 1. The molecule has 0 amide bonds. The van der Waals surface area contributed by atoms with E-state index >= 15 is 0 Å². The van der Waals surface area contributed by atoms with E-state index in [9.17, 15) is 0 Å². The lowest BCUT2D eigenvalue weighted by Crippen LogP contribution is -2.29. The van der Waals surface area contributed by atoms with Crippen LogP contribution in [0, 0.1) is 0 Å². The van der Waals surface area contributed by atoms with Crippen LogP contribution >= 0.6 is 11.6 Å². The maximum atomic E-state index is 6.22. The number of nitrogens with one attached hydrogen (secondary N) is 1. The molecule has 0 spiro atoms. The minimum absolute atomic E-state index is 0.0424. The zero-order chi connectivity index (χ0) is 13.9. The lowest BCUT2D eigenvalue weighted by atomic mass is 9.97. The predicted molar refractivity (Wildman–Crippen MR) is 80.9 cm³/mol. The van der Waals surface area contributed by atoms with E-state index in [1.807, 2.05) is 30.3 Å². The Morgan fingerprint density at radius 3 is 2.90 bits per heavy atom. The Hall–Kier alpha value is -1.55. The first kappa shape index (κ1) is 13.4. The third-order valence-corrected chi connectivity index (χ3v) is 4.07. The monoisotopic (exact) mass is 288 g/mol. The highest BCUT2D eigenvalue weighted by atomic mass is 35.5. The largest absolute Gasteiger partial charge is 0.493 e. The van der Waals surface area contributed by atoms with Crippen molar-refractivity contribution < 1.29 is 4.74 Å². The quantitative estimate of drug-likeness (QED) is 0.671. The summed E-state index contributed by atoms with van der Waals surface area (Å²) in [6.45, 7) is 0.768. The molecule has 1 aliphatic rings. The van der Waals surface area contributed by atoms with Gasteiger partial charge in [0.05, 0.1) is 12.6 Å². The molecule has 3 nitrogen and oxygen atoms in total. The summed E-state index contributed by atoms with van der Waals surface area (Å²) in [7, 11) is 0. The van der Waals surface area contributed by atoms with Crippen molar-refractivity contribution in [2.45, 2.75) is 18.9 Å². The fourth-order valence-corrected chi connectivity index (χ4v) is 2.79. The van der Waals surface area contributed by atoms with E-state index in [4.69, 9.17) is 22.2 Å². The molecule has 1 atom stereocenters. The van der Waals surface area contributed by atoms with Gasteiger partial charge < -0.3 is 4.74 Å². The number of ether oxygens (including phenoxy) is 1. The van der Waals surface area contributed by atoms with Gasteiger partial charge in [-0.3, -0.25) is 11.3 Å². The van der Waals surface area contributed by atoms with Gasteiger partial charge in [0.2, 0.25) is 0 Å². The van der Waals surface area contributed by atoms with Gasteiger partial charge in [0.15, 0.2) is 0 Å². The van der Waals surface area contributed by atoms with Gasteiger partial charge in [0.1, 0.15) is 5.75 Å². The van der Waals surface area contributed by atoms with Crippen LogP contribution in [0.1, 0.15) is 22.7 Å². The topological polar surface area (TPSA) is 47.3 Å². The molecular formula is C16H17ClN2O. The molecule has 0 bridgehead atoms. The van der Waals surface area contributed by atoms with Crippen LogP contribution in [-0.4, -0.2) is 6.61 Å². The molecular weight excluding hydrogens is 272 g/mol. The molecule has 0 radical (unpaired) electrons. The minimum Gasteiger partial charge on any atom is -0.493 e. The first-order chi connectivity index (χ1) is 9.78. The van der Waals surface area contributed by atoms with Crippen LogP contribution in [0.4, 0.5) is 0 Å². The summed E-state index contributed by atoms with van der Waals surface area (Å²) >= 11 is 6.22. The maximum absolute atomic E-state index is 6.22. The SMILES string of the molecule is NNC(Cc1ccccc1Cl)c1ccc2c(c1)CCO2. The summed E-state index contributed by atoms with van der Waals surface area (Å²) in [4.78, 5) is 0. The summed E-state index contributed by atoms with van der Waals surface area (Å²) < 4.78 is 5.53. The van der Waals surface area contributed by atoms with Gasteiger partial charge in [-0.05, 0) is 35.2 Å². The summed E-state index contributed by atoms with van der Waals surface area (Å²) in [5.41, 5.74) is 6.39. The average Bonchev–Trinajstić information content (AvgIpc) is 2.94. The molecule has 1 unspecified atom stereocenters. The molecule has 4 heteroatoms. The lowest BCUT2D eigenvalue weighted by molar-refractivity contribution is 0.356. The van der Waals surface area contributed by atoms with Crippen molar-refractivity contribution in [3.63, 3.8) is 0 Å². The van der Waals surface area contributed by atoms with Crippen LogP contribution in [-0.2, 0) is 12.8 Å². The summed E-state index contributed by atoms with van der Waals surface area (Å²) in [5.74, 6) is 6.71. The van der Waals surface area contributed by atoms with E-state index in [1.54, 1.807) is 0 Å². The van der Waals surface area contributed by atoms with Gasteiger partial charge in [-0.1, -0.05) is 41.9 Å². The van der Waals surface area contributed by atoms with Gasteiger partial charge in [0.25, 0.3) is 0 Å². The molecule has 0 fully saturated rings. The van der Waals surface area contributed by atoms with Gasteiger partial charge >= 0.3 is 0 Å². The smallest absolute Gasteiger partial charge is 0.122 e. The molecule has 2 aromatic carbocycles. The van der Waals surface area contributed by atoms with Crippen molar-refractivity contribution in [3.05, 3.63) is 64.2 Å². The first-order valence-corrected chi connectivity index (χ1v) is 7.11. The molecule has 0 saturated carbocycles. The van der Waals surface area contributed by atoms with Crippen molar-refractivity contribution in [3.8, 4) is 5.75 Å². The third kappa shape index (κ3) is 2.66. The third-order valence-electron chi connectivity index (χ3n) is 3.70. The fourth-order valence-electron chi connectivity index (χ4n) is 2.58. The Bertz CT molecular complexity index is 615. The summed E-state index contributed by atoms with van der Waals surface area (Å²) in [6.07, 6.45) is 1.72. The average molecular weight is 289 g/mol. The normalized spacial score (nSPS) is 14.7. The van der Waals surface area contributed by atoms with Crippen molar-refractivity contribution in [1.82, 2.24) is 5.43 Å². The maximum Gasteiger partial charge on any atom is 0.122 e. The lowest BCUT2D eigenvalue weighted by Gasteiger charge is -2.18. The highest BCUT2D eigenvalue weighted by Gasteiger charge is 2.17. The van der Waals surface area contributed by atoms with Crippen molar-refractivity contribution in [1.29, 1.82) is 0 Å². The molecule has 0 aromatic heterocycles. The van der Waals surface area contributed by atoms with Crippen molar-refractivity contribution in [2.24, 2.45) is 5.84 Å². The van der Waals surface area contributed by atoms with Crippen LogP contribution in [0.2, 0.25) is 5.02 Å². The molecule has 1 aliphatic heterocycles. The van der Waals surface area contributed by atoms with E-state index in [-0.39, 0.29) is 6.04 Å². The van der Waals surface area contributed by atoms with E-state index in [2.05, 4.69) is 17.6 Å². The number of hydrogen-bond donors (Lipinski definition) is 2. The fraction of sp³-hybridized carbons (Fsp3) is 0.250. The zero-order valence-corrected chi connectivity index (χ0v) is 11.9. The van der Waals surface area contributed by atoms with Crippen LogP contribution in [0.15, 0.2) is 42.5 Å². The predicted octanol–water partition coefficient (Wildman–Crippen LogP) is 3.02. The van der Waals surface area contributed by atoms with Crippen molar-refractivity contribution in [2.75, 3.05) is 6.61 Å². The standard InChI is InChI=1S/C16H17ClN2O/c17-14-4-2-1-3-11(14)10-15(19-18)12-5-6-16-13(9-12)7-8-20-16/h1-6,9,15,19H,7-8,10,18H2. The molecule has 1 heterocycles. The molecule has 3 N–H and O–H groups in total. The molecule has 2 aromatic rings. The molecule has 104 valence electrons.